The Morgan fingerprint density at radius 1 is 1.24 bits per heavy atom. The van der Waals surface area contributed by atoms with Crippen LogP contribution in [0.5, 0.6) is 0 Å². The number of hydrogen-bond donors (Lipinski definition) is 1. The Kier molecular flexibility index (Phi) is 3.11. The predicted molar refractivity (Wildman–Crippen MR) is 83.9 cm³/mol. The Hall–Kier alpha value is -2.80. The van der Waals surface area contributed by atoms with Crippen LogP contribution in [0.15, 0.2) is 42.5 Å². The van der Waals surface area contributed by atoms with Crippen molar-refractivity contribution in [2.75, 3.05) is 5.73 Å². The van der Waals surface area contributed by atoms with Crippen LogP contribution in [0.4, 0.5) is 5.95 Å². The first-order valence-electron chi connectivity index (χ1n) is 6.85. The molecule has 0 aliphatic rings. The summed E-state index contributed by atoms with van der Waals surface area (Å²) in [7, 11) is 0. The second kappa shape index (κ2) is 4.95. The van der Waals surface area contributed by atoms with Gasteiger partial charge in [0.25, 0.3) is 0 Å². The van der Waals surface area contributed by atoms with Crippen molar-refractivity contribution in [3.05, 3.63) is 59.2 Å². The molecular weight excluding hydrogens is 260 g/mol. The molecule has 0 spiro atoms. The maximum atomic E-state index is 9.08. The number of aryl methyl sites for hydroxylation is 1. The summed E-state index contributed by atoms with van der Waals surface area (Å²) in [5.41, 5.74) is 10.8. The smallest absolute Gasteiger partial charge is 0.201 e. The van der Waals surface area contributed by atoms with E-state index >= 15 is 0 Å². The zero-order chi connectivity index (χ0) is 15.0. The first kappa shape index (κ1) is 13.2. The number of anilines is 1. The minimum Gasteiger partial charge on any atom is -0.369 e. The molecule has 0 aliphatic heterocycles. The number of hydrogen-bond acceptors (Lipinski definition) is 3. The lowest BCUT2D eigenvalue weighted by Crippen LogP contribution is -2.11. The third-order valence-electron chi connectivity index (χ3n) is 3.87. The van der Waals surface area contributed by atoms with Gasteiger partial charge < -0.3 is 10.3 Å². The molecule has 2 aromatic carbocycles. The van der Waals surface area contributed by atoms with Gasteiger partial charge in [0.15, 0.2) is 0 Å². The molecule has 104 valence electrons. The summed E-state index contributed by atoms with van der Waals surface area (Å²) in [4.78, 5) is 4.40. The zero-order valence-electron chi connectivity index (χ0n) is 12.0. The molecule has 0 saturated heterocycles. The monoisotopic (exact) mass is 276 g/mol. The van der Waals surface area contributed by atoms with E-state index in [0.717, 1.165) is 11.0 Å². The molecule has 3 aromatic rings. The molecule has 3 rings (SSSR count). The minimum atomic E-state index is 0.0603. The van der Waals surface area contributed by atoms with E-state index in [1.807, 2.05) is 28.8 Å². The number of nitrogens with zero attached hydrogens (tertiary/aromatic N) is 3. The van der Waals surface area contributed by atoms with Crippen molar-refractivity contribution in [3.63, 3.8) is 0 Å². The zero-order valence-corrected chi connectivity index (χ0v) is 12.0. The van der Waals surface area contributed by atoms with Crippen LogP contribution in [0.25, 0.3) is 11.0 Å². The summed E-state index contributed by atoms with van der Waals surface area (Å²) < 4.78 is 1.98. The van der Waals surface area contributed by atoms with E-state index in [1.165, 1.54) is 11.1 Å². The van der Waals surface area contributed by atoms with Crippen LogP contribution in [-0.2, 0) is 0 Å². The van der Waals surface area contributed by atoms with Gasteiger partial charge in [-0.15, -0.1) is 0 Å². The van der Waals surface area contributed by atoms with Gasteiger partial charge in [-0.1, -0.05) is 24.3 Å². The predicted octanol–water partition coefficient (Wildman–Crippen LogP) is 3.41. The minimum absolute atomic E-state index is 0.0603. The van der Waals surface area contributed by atoms with Crippen LogP contribution in [0, 0.1) is 18.3 Å². The number of imidazole rings is 1. The van der Waals surface area contributed by atoms with E-state index in [4.69, 9.17) is 11.0 Å². The van der Waals surface area contributed by atoms with Gasteiger partial charge in [-0.2, -0.15) is 5.26 Å². The average Bonchev–Trinajstić information content (AvgIpc) is 2.81. The topological polar surface area (TPSA) is 67.6 Å². The maximum Gasteiger partial charge on any atom is 0.201 e. The summed E-state index contributed by atoms with van der Waals surface area (Å²) in [5, 5.41) is 9.08. The Morgan fingerprint density at radius 3 is 2.71 bits per heavy atom. The van der Waals surface area contributed by atoms with Crippen LogP contribution in [0.1, 0.15) is 29.7 Å². The molecule has 1 unspecified atom stereocenters. The third-order valence-corrected chi connectivity index (χ3v) is 3.87. The summed E-state index contributed by atoms with van der Waals surface area (Å²) in [5.74, 6) is 0.468. The number of fused-ring (bicyclic) bond motifs is 1. The van der Waals surface area contributed by atoms with E-state index < -0.39 is 0 Å². The Balaban J connectivity index is 2.22. The van der Waals surface area contributed by atoms with E-state index in [2.05, 4.69) is 37.0 Å². The van der Waals surface area contributed by atoms with Gasteiger partial charge in [-0.3, -0.25) is 0 Å². The van der Waals surface area contributed by atoms with Crippen molar-refractivity contribution in [2.45, 2.75) is 19.9 Å². The molecule has 2 N–H and O–H groups in total. The van der Waals surface area contributed by atoms with Crippen LogP contribution >= 0.6 is 0 Å². The standard InChI is InChI=1S/C17H16N4/c1-11-5-3-4-6-14(11)12(2)21-16-9-13(10-18)7-8-15(16)20-17(21)19/h3-9,12H,1-2H3,(H2,19,20). The Bertz CT molecular complexity index is 855. The molecule has 0 radical (unpaired) electrons. The number of aromatic nitrogens is 2. The van der Waals surface area contributed by atoms with Gasteiger partial charge in [0.2, 0.25) is 5.95 Å². The molecule has 0 amide bonds. The molecule has 21 heavy (non-hydrogen) atoms. The lowest BCUT2D eigenvalue weighted by molar-refractivity contribution is 0.663. The van der Waals surface area contributed by atoms with E-state index in [9.17, 15) is 0 Å². The molecule has 1 aromatic heterocycles. The quantitative estimate of drug-likeness (QED) is 0.780. The Morgan fingerprint density at radius 2 is 2.00 bits per heavy atom. The summed E-state index contributed by atoms with van der Waals surface area (Å²) >= 11 is 0. The maximum absolute atomic E-state index is 9.08. The molecular formula is C17H16N4. The molecule has 0 bridgehead atoms. The molecule has 0 aliphatic carbocycles. The van der Waals surface area contributed by atoms with Crippen molar-refractivity contribution in [2.24, 2.45) is 0 Å². The van der Waals surface area contributed by atoms with Crippen molar-refractivity contribution >= 4 is 17.0 Å². The SMILES string of the molecule is Cc1ccccc1C(C)n1c(N)nc2ccc(C#N)cc21. The molecule has 4 nitrogen and oxygen atoms in total. The fourth-order valence-electron chi connectivity index (χ4n) is 2.78. The average molecular weight is 276 g/mol. The highest BCUT2D eigenvalue weighted by atomic mass is 15.2. The second-order valence-electron chi connectivity index (χ2n) is 5.19. The van der Waals surface area contributed by atoms with Gasteiger partial charge in [0.1, 0.15) is 0 Å². The van der Waals surface area contributed by atoms with Gasteiger partial charge >= 0.3 is 0 Å². The first-order valence-corrected chi connectivity index (χ1v) is 6.85. The highest BCUT2D eigenvalue weighted by Crippen LogP contribution is 2.29. The van der Waals surface area contributed by atoms with Gasteiger partial charge in [-0.05, 0) is 43.2 Å². The lowest BCUT2D eigenvalue weighted by atomic mass is 10.0. The van der Waals surface area contributed by atoms with Crippen LogP contribution in [0.2, 0.25) is 0 Å². The fourth-order valence-corrected chi connectivity index (χ4v) is 2.78. The number of nitriles is 1. The molecule has 4 heteroatoms. The van der Waals surface area contributed by atoms with E-state index in [1.54, 1.807) is 6.07 Å². The molecule has 0 fully saturated rings. The van der Waals surface area contributed by atoms with Crippen LogP contribution in [0.3, 0.4) is 0 Å². The van der Waals surface area contributed by atoms with Crippen molar-refractivity contribution in [3.8, 4) is 6.07 Å². The summed E-state index contributed by atoms with van der Waals surface area (Å²) in [6, 6.07) is 15.9. The normalized spacial score (nSPS) is 12.2. The van der Waals surface area contributed by atoms with Gasteiger partial charge in [-0.25, -0.2) is 4.98 Å². The highest BCUT2D eigenvalue weighted by molar-refractivity contribution is 5.80. The first-order chi connectivity index (χ1) is 10.1. The van der Waals surface area contributed by atoms with E-state index in [0.29, 0.717) is 11.5 Å². The van der Waals surface area contributed by atoms with Crippen LogP contribution < -0.4 is 5.73 Å². The van der Waals surface area contributed by atoms with Gasteiger partial charge in [0, 0.05) is 0 Å². The lowest BCUT2D eigenvalue weighted by Gasteiger charge is -2.18. The number of nitrogen functional groups attached to an aromatic ring is 1. The molecule has 0 saturated carbocycles. The van der Waals surface area contributed by atoms with E-state index in [-0.39, 0.29) is 6.04 Å². The third kappa shape index (κ3) is 2.13. The summed E-state index contributed by atoms with van der Waals surface area (Å²) in [6.07, 6.45) is 0. The largest absolute Gasteiger partial charge is 0.369 e. The van der Waals surface area contributed by atoms with Crippen molar-refractivity contribution in [1.29, 1.82) is 5.26 Å². The summed E-state index contributed by atoms with van der Waals surface area (Å²) in [6.45, 7) is 4.18. The fraction of sp³-hybridized carbons (Fsp3) is 0.176. The number of benzene rings is 2. The van der Waals surface area contributed by atoms with Crippen molar-refractivity contribution < 1.29 is 0 Å². The van der Waals surface area contributed by atoms with Gasteiger partial charge in [0.05, 0.1) is 28.7 Å². The van der Waals surface area contributed by atoms with Crippen molar-refractivity contribution in [1.82, 2.24) is 9.55 Å². The van der Waals surface area contributed by atoms with Crippen LogP contribution in [-0.4, -0.2) is 9.55 Å². The molecule has 1 atom stereocenters. The second-order valence-corrected chi connectivity index (χ2v) is 5.19. The molecule has 1 heterocycles. The number of nitrogens with two attached hydrogens (primary N) is 1. The Labute approximate surface area is 123 Å². The highest BCUT2D eigenvalue weighted by Gasteiger charge is 2.17. The number of rotatable bonds is 2.